The second-order valence-electron chi connectivity index (χ2n) is 9.32. The molecule has 2 bridgehead atoms. The third-order valence-corrected chi connectivity index (χ3v) is 7.93. The Hall–Kier alpha value is -2.79. The maximum atomic E-state index is 13.2. The van der Waals surface area contributed by atoms with E-state index in [9.17, 15) is 23.1 Å². The van der Waals surface area contributed by atoms with Crippen LogP contribution in [0.1, 0.15) is 48.6 Å². The Morgan fingerprint density at radius 3 is 1.86 bits per heavy atom. The Balaban J connectivity index is 1.39. The first-order valence-electron chi connectivity index (χ1n) is 12.0. The number of carboxylic acids is 1. The summed E-state index contributed by atoms with van der Waals surface area (Å²) in [5.74, 6) is -3.96. The lowest BCUT2D eigenvalue weighted by Crippen LogP contribution is -2.44. The molecule has 4 rings (SSSR count). The van der Waals surface area contributed by atoms with Gasteiger partial charge in [0.15, 0.2) is 0 Å². The fourth-order valence-corrected chi connectivity index (χ4v) is 5.70. The van der Waals surface area contributed by atoms with Crippen LogP contribution in [0.4, 0.5) is 0 Å². The molecule has 0 spiro atoms. The molecule has 0 saturated carbocycles. The summed E-state index contributed by atoms with van der Waals surface area (Å²) in [5.41, 5.74) is 0.958. The molecular formula is C26H31NO8S. The van der Waals surface area contributed by atoms with E-state index in [-0.39, 0.29) is 6.10 Å². The average Bonchev–Trinajstić information content (AvgIpc) is 3.05. The van der Waals surface area contributed by atoms with Gasteiger partial charge in [0.05, 0.1) is 13.2 Å². The molecule has 36 heavy (non-hydrogen) atoms. The number of ether oxygens (including phenoxy) is 1. The summed E-state index contributed by atoms with van der Waals surface area (Å²) in [4.78, 5) is 27.1. The summed E-state index contributed by atoms with van der Waals surface area (Å²) < 4.78 is 40.7. The van der Waals surface area contributed by atoms with Crippen molar-refractivity contribution in [2.24, 2.45) is 0 Å². The SMILES string of the molecule is CN1[C@H]2CC[C@H]1CC(OC(=O)[C@H](COS(=O)(=O)OC[C@H](C(=O)O)c1ccccc1)c1ccccc1)C2. The van der Waals surface area contributed by atoms with Crippen molar-refractivity contribution >= 4 is 22.3 Å². The molecule has 0 amide bonds. The Morgan fingerprint density at radius 2 is 1.36 bits per heavy atom. The zero-order valence-corrected chi connectivity index (χ0v) is 20.9. The molecule has 2 heterocycles. The van der Waals surface area contributed by atoms with Gasteiger partial charge in [0.25, 0.3) is 0 Å². The van der Waals surface area contributed by atoms with Crippen molar-refractivity contribution in [1.29, 1.82) is 0 Å². The number of benzene rings is 2. The Kier molecular flexibility index (Phi) is 8.40. The maximum Gasteiger partial charge on any atom is 0.399 e. The van der Waals surface area contributed by atoms with Crippen LogP contribution in [0.3, 0.4) is 0 Å². The van der Waals surface area contributed by atoms with Gasteiger partial charge in [0, 0.05) is 12.1 Å². The molecule has 0 unspecified atom stereocenters. The Bertz CT molecular complexity index is 1130. The number of rotatable bonds is 11. The molecule has 194 valence electrons. The molecule has 9 nitrogen and oxygen atoms in total. The minimum absolute atomic E-state index is 0.229. The highest BCUT2D eigenvalue weighted by molar-refractivity contribution is 7.81. The number of carboxylic acid groups (broad SMARTS) is 1. The van der Waals surface area contributed by atoms with Gasteiger partial charge in [0.1, 0.15) is 17.9 Å². The lowest BCUT2D eigenvalue weighted by Gasteiger charge is -2.36. The molecule has 4 atom stereocenters. The second kappa shape index (κ2) is 11.5. The van der Waals surface area contributed by atoms with E-state index in [2.05, 4.69) is 11.9 Å². The third-order valence-electron chi connectivity index (χ3n) is 7.08. The average molecular weight is 518 g/mol. The van der Waals surface area contributed by atoms with Crippen molar-refractivity contribution in [2.75, 3.05) is 20.3 Å². The number of hydrogen-bond acceptors (Lipinski definition) is 8. The molecule has 2 aromatic carbocycles. The number of esters is 1. The predicted molar refractivity (Wildman–Crippen MR) is 131 cm³/mol. The standard InChI is InChI=1S/C26H31NO8S/c1-27-20-12-13-21(27)15-22(14-20)35-26(30)24(19-10-6-3-7-11-19)17-34-36(31,32)33-16-23(25(28)29)18-8-4-2-5-9-18/h2-11,20-24H,12-17H2,1H3,(H,28,29)/t20-,21-,23-,24+/m0/s1. The van der Waals surface area contributed by atoms with E-state index < -0.39 is 47.4 Å². The summed E-state index contributed by atoms with van der Waals surface area (Å²) in [6.45, 7) is -1.16. The number of carbonyl (C=O) groups is 2. The first-order valence-corrected chi connectivity index (χ1v) is 13.4. The number of aliphatic carboxylic acids is 1. The van der Waals surface area contributed by atoms with Gasteiger partial charge in [-0.3, -0.25) is 9.59 Å². The van der Waals surface area contributed by atoms with E-state index in [4.69, 9.17) is 13.1 Å². The van der Waals surface area contributed by atoms with Gasteiger partial charge >= 0.3 is 22.3 Å². The van der Waals surface area contributed by atoms with Crippen LogP contribution in [-0.4, -0.2) is 68.8 Å². The summed E-state index contributed by atoms with van der Waals surface area (Å²) in [5, 5.41) is 9.50. The highest BCUT2D eigenvalue weighted by Crippen LogP contribution is 2.36. The van der Waals surface area contributed by atoms with Crippen LogP contribution in [0.2, 0.25) is 0 Å². The monoisotopic (exact) mass is 517 g/mol. The van der Waals surface area contributed by atoms with Crippen molar-refractivity contribution in [3.8, 4) is 0 Å². The Morgan fingerprint density at radius 1 is 0.889 bits per heavy atom. The van der Waals surface area contributed by atoms with E-state index in [0.717, 1.165) is 25.7 Å². The molecule has 2 fully saturated rings. The molecule has 2 saturated heterocycles. The summed E-state index contributed by atoms with van der Waals surface area (Å²) >= 11 is 0. The van der Waals surface area contributed by atoms with Crippen molar-refractivity contribution < 1.29 is 36.2 Å². The van der Waals surface area contributed by atoms with Crippen LogP contribution in [0.15, 0.2) is 60.7 Å². The number of carbonyl (C=O) groups excluding carboxylic acids is 1. The maximum absolute atomic E-state index is 13.2. The molecular weight excluding hydrogens is 486 g/mol. The molecule has 1 N–H and O–H groups in total. The number of hydrogen-bond donors (Lipinski definition) is 1. The molecule has 0 aliphatic carbocycles. The number of nitrogens with zero attached hydrogens (tertiary/aromatic N) is 1. The first-order chi connectivity index (χ1) is 17.2. The normalized spacial score (nSPS) is 23.6. The van der Waals surface area contributed by atoms with E-state index >= 15 is 0 Å². The fraction of sp³-hybridized carbons (Fsp3) is 0.462. The zero-order chi connectivity index (χ0) is 25.7. The van der Waals surface area contributed by atoms with Gasteiger partial charge in [-0.25, -0.2) is 8.37 Å². The largest absolute Gasteiger partial charge is 0.481 e. The first kappa shape index (κ1) is 26.3. The van der Waals surface area contributed by atoms with Crippen molar-refractivity contribution in [3.63, 3.8) is 0 Å². The van der Waals surface area contributed by atoms with Crippen molar-refractivity contribution in [1.82, 2.24) is 4.90 Å². The van der Waals surface area contributed by atoms with Crippen LogP contribution in [0.5, 0.6) is 0 Å². The molecule has 0 radical (unpaired) electrons. The highest BCUT2D eigenvalue weighted by Gasteiger charge is 2.40. The van der Waals surface area contributed by atoms with E-state index in [1.54, 1.807) is 60.7 Å². The highest BCUT2D eigenvalue weighted by atomic mass is 32.3. The van der Waals surface area contributed by atoms with Gasteiger partial charge in [-0.15, -0.1) is 0 Å². The smallest absolute Gasteiger partial charge is 0.399 e. The summed E-state index contributed by atoms with van der Waals surface area (Å²) in [6, 6.07) is 17.6. The lowest BCUT2D eigenvalue weighted by molar-refractivity contribution is -0.155. The molecule has 2 aromatic rings. The number of fused-ring (bicyclic) bond motifs is 2. The third kappa shape index (κ3) is 6.50. The van der Waals surface area contributed by atoms with Gasteiger partial charge < -0.3 is 14.7 Å². The van der Waals surface area contributed by atoms with Gasteiger partial charge in [-0.05, 0) is 43.9 Å². The van der Waals surface area contributed by atoms with Crippen LogP contribution in [0.25, 0.3) is 0 Å². The minimum atomic E-state index is -4.58. The fourth-order valence-electron chi connectivity index (χ4n) is 5.02. The van der Waals surface area contributed by atoms with Gasteiger partial charge in [-0.1, -0.05) is 60.7 Å². The summed E-state index contributed by atoms with van der Waals surface area (Å²) in [7, 11) is -2.48. The van der Waals surface area contributed by atoms with Crippen LogP contribution in [-0.2, 0) is 33.1 Å². The lowest BCUT2D eigenvalue weighted by atomic mass is 9.98. The van der Waals surface area contributed by atoms with E-state index in [1.807, 2.05) is 0 Å². The Labute approximate surface area is 211 Å². The molecule has 2 aliphatic heterocycles. The van der Waals surface area contributed by atoms with Gasteiger partial charge in [-0.2, -0.15) is 8.42 Å². The molecule has 2 aliphatic rings. The van der Waals surface area contributed by atoms with Crippen LogP contribution < -0.4 is 0 Å². The van der Waals surface area contributed by atoms with Crippen LogP contribution in [0, 0.1) is 0 Å². The molecule has 0 aromatic heterocycles. The zero-order valence-electron chi connectivity index (χ0n) is 20.1. The summed E-state index contributed by atoms with van der Waals surface area (Å²) in [6.07, 6.45) is 3.43. The predicted octanol–water partition coefficient (Wildman–Crippen LogP) is 3.09. The number of piperidine rings is 1. The topological polar surface area (TPSA) is 119 Å². The quantitative estimate of drug-likeness (QED) is 0.448. The van der Waals surface area contributed by atoms with E-state index in [0.29, 0.717) is 23.2 Å². The van der Waals surface area contributed by atoms with Crippen molar-refractivity contribution in [2.45, 2.75) is 55.7 Å². The van der Waals surface area contributed by atoms with Crippen molar-refractivity contribution in [3.05, 3.63) is 71.8 Å². The minimum Gasteiger partial charge on any atom is -0.481 e. The second-order valence-corrected chi connectivity index (χ2v) is 10.6. The van der Waals surface area contributed by atoms with Gasteiger partial charge in [0.2, 0.25) is 0 Å². The van der Waals surface area contributed by atoms with E-state index in [1.165, 1.54) is 0 Å². The molecule has 10 heteroatoms. The van der Waals surface area contributed by atoms with Crippen LogP contribution >= 0.6 is 0 Å².